The summed E-state index contributed by atoms with van der Waals surface area (Å²) in [5, 5.41) is 15.3. The van der Waals surface area contributed by atoms with Crippen LogP contribution in [0.25, 0.3) is 0 Å². The standard InChI is InChI=1S/C11H11N3O5S/c1-5-8(11(16)17)10(20-14-5)12-9(15)7-3-6(4-18-2)19-13-7/h3H,4H2,1-2H3,(H,12,15)(H,16,17). The van der Waals surface area contributed by atoms with Gasteiger partial charge in [-0.2, -0.15) is 4.37 Å². The SMILES string of the molecule is COCc1cc(C(=O)Nc2snc(C)c2C(=O)O)no1. The number of aryl methyl sites for hydroxylation is 1. The summed E-state index contributed by atoms with van der Waals surface area (Å²) in [6.45, 7) is 1.75. The molecule has 0 aliphatic heterocycles. The topological polar surface area (TPSA) is 115 Å². The van der Waals surface area contributed by atoms with Crippen LogP contribution in [0, 0.1) is 6.92 Å². The third kappa shape index (κ3) is 2.83. The molecule has 0 spiro atoms. The molecule has 2 rings (SSSR count). The number of carboxylic acid groups (broad SMARTS) is 1. The number of nitrogens with one attached hydrogen (secondary N) is 1. The van der Waals surface area contributed by atoms with Crippen molar-refractivity contribution in [2.75, 3.05) is 12.4 Å². The molecule has 0 fully saturated rings. The molecule has 9 heteroatoms. The second-order valence-electron chi connectivity index (χ2n) is 3.84. The largest absolute Gasteiger partial charge is 0.478 e. The predicted octanol–water partition coefficient (Wildman–Crippen LogP) is 1.54. The lowest BCUT2D eigenvalue weighted by atomic mass is 10.2. The van der Waals surface area contributed by atoms with Gasteiger partial charge in [0, 0.05) is 13.2 Å². The van der Waals surface area contributed by atoms with E-state index in [0.717, 1.165) is 11.5 Å². The minimum Gasteiger partial charge on any atom is -0.478 e. The smallest absolute Gasteiger partial charge is 0.340 e. The molecular weight excluding hydrogens is 286 g/mol. The number of carbonyl (C=O) groups excluding carboxylic acids is 1. The van der Waals surface area contributed by atoms with Crippen LogP contribution in [0.15, 0.2) is 10.6 Å². The van der Waals surface area contributed by atoms with Gasteiger partial charge < -0.3 is 19.7 Å². The van der Waals surface area contributed by atoms with Crippen molar-refractivity contribution < 1.29 is 24.0 Å². The molecule has 0 aliphatic carbocycles. The summed E-state index contributed by atoms with van der Waals surface area (Å²) in [5.74, 6) is -1.31. The van der Waals surface area contributed by atoms with E-state index in [1.807, 2.05) is 0 Å². The second-order valence-corrected chi connectivity index (χ2v) is 4.62. The number of hydrogen-bond acceptors (Lipinski definition) is 7. The van der Waals surface area contributed by atoms with Crippen molar-refractivity contribution in [2.45, 2.75) is 13.5 Å². The molecule has 0 unspecified atom stereocenters. The van der Waals surface area contributed by atoms with Gasteiger partial charge in [-0.15, -0.1) is 0 Å². The Kier molecular flexibility index (Phi) is 4.11. The molecule has 0 aromatic carbocycles. The molecule has 0 saturated heterocycles. The van der Waals surface area contributed by atoms with E-state index in [2.05, 4.69) is 14.8 Å². The van der Waals surface area contributed by atoms with Crippen molar-refractivity contribution in [3.05, 3.63) is 28.8 Å². The number of aromatic nitrogens is 2. The number of hydrogen-bond donors (Lipinski definition) is 2. The average molecular weight is 297 g/mol. The first-order chi connectivity index (χ1) is 9.52. The Morgan fingerprint density at radius 3 is 2.95 bits per heavy atom. The quantitative estimate of drug-likeness (QED) is 0.860. The normalized spacial score (nSPS) is 10.5. The molecule has 2 aromatic heterocycles. The Bertz CT molecular complexity index is 648. The molecule has 8 nitrogen and oxygen atoms in total. The van der Waals surface area contributed by atoms with Crippen molar-refractivity contribution in [2.24, 2.45) is 0 Å². The zero-order chi connectivity index (χ0) is 14.7. The number of carboxylic acids is 1. The number of aromatic carboxylic acids is 1. The number of carbonyl (C=O) groups is 2. The van der Waals surface area contributed by atoms with E-state index < -0.39 is 11.9 Å². The fraction of sp³-hybridized carbons (Fsp3) is 0.273. The van der Waals surface area contributed by atoms with Crippen molar-refractivity contribution in [1.82, 2.24) is 9.53 Å². The van der Waals surface area contributed by atoms with Crippen molar-refractivity contribution in [1.29, 1.82) is 0 Å². The van der Waals surface area contributed by atoms with Gasteiger partial charge in [0.2, 0.25) is 0 Å². The Morgan fingerprint density at radius 2 is 2.30 bits per heavy atom. The van der Waals surface area contributed by atoms with Gasteiger partial charge in [0.15, 0.2) is 11.5 Å². The van der Waals surface area contributed by atoms with Crippen LogP contribution in [-0.2, 0) is 11.3 Å². The summed E-state index contributed by atoms with van der Waals surface area (Å²) >= 11 is 0.899. The van der Waals surface area contributed by atoms with Gasteiger partial charge >= 0.3 is 5.97 Å². The van der Waals surface area contributed by atoms with Crippen molar-refractivity contribution in [3.63, 3.8) is 0 Å². The highest BCUT2D eigenvalue weighted by atomic mass is 32.1. The van der Waals surface area contributed by atoms with E-state index in [1.165, 1.54) is 13.2 Å². The minimum absolute atomic E-state index is 0.0241. The first-order valence-corrected chi connectivity index (χ1v) is 6.25. The molecule has 0 atom stereocenters. The molecule has 1 amide bonds. The van der Waals surface area contributed by atoms with E-state index in [4.69, 9.17) is 14.4 Å². The zero-order valence-corrected chi connectivity index (χ0v) is 11.5. The number of rotatable bonds is 5. The van der Waals surface area contributed by atoms with Crippen LogP contribution in [0.1, 0.15) is 32.3 Å². The third-order valence-electron chi connectivity index (χ3n) is 2.38. The van der Waals surface area contributed by atoms with Crippen LogP contribution >= 0.6 is 11.5 Å². The van der Waals surface area contributed by atoms with Crippen LogP contribution in [0.3, 0.4) is 0 Å². The molecule has 2 aromatic rings. The maximum absolute atomic E-state index is 11.9. The highest BCUT2D eigenvalue weighted by Crippen LogP contribution is 2.24. The van der Waals surface area contributed by atoms with E-state index >= 15 is 0 Å². The summed E-state index contributed by atoms with van der Waals surface area (Å²) in [6, 6.07) is 1.42. The van der Waals surface area contributed by atoms with Gasteiger partial charge in [-0.1, -0.05) is 5.16 Å². The number of amides is 1. The molecule has 20 heavy (non-hydrogen) atoms. The summed E-state index contributed by atoms with van der Waals surface area (Å²) < 4.78 is 13.6. The fourth-order valence-electron chi connectivity index (χ4n) is 1.50. The molecule has 0 saturated carbocycles. The van der Waals surface area contributed by atoms with E-state index in [1.54, 1.807) is 6.92 Å². The predicted molar refractivity (Wildman–Crippen MR) is 69.0 cm³/mol. The minimum atomic E-state index is -1.15. The molecule has 2 N–H and O–H groups in total. The van der Waals surface area contributed by atoms with Gasteiger partial charge in [-0.25, -0.2) is 4.79 Å². The number of ether oxygens (including phenoxy) is 1. The van der Waals surface area contributed by atoms with Crippen molar-refractivity contribution >= 4 is 28.4 Å². The Morgan fingerprint density at radius 1 is 1.55 bits per heavy atom. The highest BCUT2D eigenvalue weighted by Gasteiger charge is 2.21. The monoisotopic (exact) mass is 297 g/mol. The fourth-order valence-corrected chi connectivity index (χ4v) is 2.29. The number of anilines is 1. The van der Waals surface area contributed by atoms with Crippen LogP contribution in [0.5, 0.6) is 0 Å². The number of nitrogens with zero attached hydrogens (tertiary/aromatic N) is 2. The number of methoxy groups -OCH3 is 1. The lowest BCUT2D eigenvalue weighted by molar-refractivity contribution is 0.0697. The van der Waals surface area contributed by atoms with Gasteiger partial charge in [-0.05, 0) is 18.5 Å². The zero-order valence-electron chi connectivity index (χ0n) is 10.7. The van der Waals surface area contributed by atoms with Gasteiger partial charge in [0.25, 0.3) is 5.91 Å². The maximum atomic E-state index is 11.9. The van der Waals surface area contributed by atoms with E-state index in [-0.39, 0.29) is 22.9 Å². The van der Waals surface area contributed by atoms with Crippen LogP contribution in [0.4, 0.5) is 5.00 Å². The molecular formula is C11H11N3O5S. The van der Waals surface area contributed by atoms with Crippen LogP contribution in [0.2, 0.25) is 0 Å². The molecule has 0 bridgehead atoms. The summed E-state index contributed by atoms with van der Waals surface area (Å²) in [7, 11) is 1.49. The summed E-state index contributed by atoms with van der Waals surface area (Å²) in [6.07, 6.45) is 0. The average Bonchev–Trinajstić information content (AvgIpc) is 2.97. The lowest BCUT2D eigenvalue weighted by Crippen LogP contribution is -2.13. The van der Waals surface area contributed by atoms with E-state index in [0.29, 0.717) is 11.5 Å². The molecule has 0 aliphatic rings. The highest BCUT2D eigenvalue weighted by molar-refractivity contribution is 7.11. The summed E-state index contributed by atoms with van der Waals surface area (Å²) in [5.41, 5.74) is 0.362. The Balaban J connectivity index is 2.17. The van der Waals surface area contributed by atoms with Crippen LogP contribution < -0.4 is 5.32 Å². The van der Waals surface area contributed by atoms with Gasteiger partial charge in [-0.3, -0.25) is 4.79 Å². The third-order valence-corrected chi connectivity index (χ3v) is 3.24. The summed E-state index contributed by atoms with van der Waals surface area (Å²) in [4.78, 5) is 23.0. The Labute approximate surface area is 117 Å². The van der Waals surface area contributed by atoms with Gasteiger partial charge in [0.1, 0.15) is 17.2 Å². The first-order valence-electron chi connectivity index (χ1n) is 5.48. The second kappa shape index (κ2) is 5.80. The first kappa shape index (κ1) is 14.2. The van der Waals surface area contributed by atoms with Crippen LogP contribution in [-0.4, -0.2) is 33.6 Å². The Hall–Kier alpha value is -2.26. The maximum Gasteiger partial charge on any atom is 0.340 e. The van der Waals surface area contributed by atoms with Gasteiger partial charge in [0.05, 0.1) is 5.69 Å². The lowest BCUT2D eigenvalue weighted by Gasteiger charge is -2.00. The molecule has 106 valence electrons. The van der Waals surface area contributed by atoms with E-state index in [9.17, 15) is 9.59 Å². The molecule has 2 heterocycles. The molecule has 0 radical (unpaired) electrons. The van der Waals surface area contributed by atoms with Crippen molar-refractivity contribution in [3.8, 4) is 0 Å².